The predicted octanol–water partition coefficient (Wildman–Crippen LogP) is 2.99. The largest absolute Gasteiger partial charge is 0.398 e. The molecule has 0 saturated carbocycles. The Morgan fingerprint density at radius 3 is 2.52 bits per heavy atom. The summed E-state index contributed by atoms with van der Waals surface area (Å²) in [6.07, 6.45) is 0. The van der Waals surface area contributed by atoms with Gasteiger partial charge in [-0.25, -0.2) is 12.8 Å². The van der Waals surface area contributed by atoms with E-state index in [4.69, 9.17) is 5.73 Å². The Kier molecular flexibility index (Phi) is 4.65. The number of halogens is 2. The van der Waals surface area contributed by atoms with Gasteiger partial charge in [0.2, 0.25) is 10.0 Å². The van der Waals surface area contributed by atoms with Gasteiger partial charge in [0, 0.05) is 18.1 Å². The molecule has 0 aliphatic carbocycles. The van der Waals surface area contributed by atoms with Gasteiger partial charge >= 0.3 is 0 Å². The summed E-state index contributed by atoms with van der Waals surface area (Å²) in [6, 6.07) is 11.1. The second-order valence-electron chi connectivity index (χ2n) is 4.55. The van der Waals surface area contributed by atoms with Crippen LogP contribution in [0.15, 0.2) is 51.8 Å². The molecule has 0 saturated heterocycles. The average molecular weight is 373 g/mol. The Labute approximate surface area is 131 Å². The van der Waals surface area contributed by atoms with Crippen molar-refractivity contribution < 1.29 is 12.8 Å². The molecule has 2 rings (SSSR count). The third kappa shape index (κ3) is 3.42. The van der Waals surface area contributed by atoms with Crippen LogP contribution < -0.4 is 5.73 Å². The summed E-state index contributed by atoms with van der Waals surface area (Å²) in [5, 5.41) is 0. The van der Waals surface area contributed by atoms with Gasteiger partial charge in [0.1, 0.15) is 10.7 Å². The van der Waals surface area contributed by atoms with E-state index < -0.39 is 20.7 Å². The van der Waals surface area contributed by atoms with Crippen molar-refractivity contribution in [3.05, 3.63) is 58.3 Å². The summed E-state index contributed by atoms with van der Waals surface area (Å²) in [4.78, 5) is -0.484. The Morgan fingerprint density at radius 1 is 1.24 bits per heavy atom. The van der Waals surface area contributed by atoms with Crippen LogP contribution >= 0.6 is 15.9 Å². The molecule has 2 aromatic rings. The van der Waals surface area contributed by atoms with E-state index in [1.807, 2.05) is 6.07 Å². The van der Waals surface area contributed by atoms with E-state index in [9.17, 15) is 12.8 Å². The first-order chi connectivity index (χ1) is 9.82. The highest BCUT2D eigenvalue weighted by atomic mass is 79.9. The van der Waals surface area contributed by atoms with E-state index in [0.29, 0.717) is 0 Å². The van der Waals surface area contributed by atoms with Crippen molar-refractivity contribution in [2.45, 2.75) is 11.4 Å². The van der Waals surface area contributed by atoms with Gasteiger partial charge < -0.3 is 5.73 Å². The van der Waals surface area contributed by atoms with Crippen molar-refractivity contribution >= 4 is 31.6 Å². The zero-order valence-corrected chi connectivity index (χ0v) is 13.7. The minimum atomic E-state index is -3.99. The van der Waals surface area contributed by atoms with Crippen molar-refractivity contribution in [1.82, 2.24) is 4.31 Å². The monoisotopic (exact) mass is 372 g/mol. The van der Waals surface area contributed by atoms with Crippen LogP contribution in [0.4, 0.5) is 10.1 Å². The Balaban J connectivity index is 2.35. The molecule has 0 unspecified atom stereocenters. The maximum Gasteiger partial charge on any atom is 0.248 e. The van der Waals surface area contributed by atoms with Crippen molar-refractivity contribution in [3.63, 3.8) is 0 Å². The summed E-state index contributed by atoms with van der Waals surface area (Å²) in [7, 11) is -2.60. The molecule has 0 bridgehead atoms. The number of benzene rings is 2. The molecule has 0 heterocycles. The molecule has 0 radical (unpaired) electrons. The summed E-state index contributed by atoms with van der Waals surface area (Å²) in [5.74, 6) is -0.851. The topological polar surface area (TPSA) is 63.4 Å². The molecule has 0 aromatic heterocycles. The smallest absolute Gasteiger partial charge is 0.248 e. The number of nitrogens with zero attached hydrogens (tertiary/aromatic N) is 1. The maximum atomic E-state index is 13.8. The zero-order chi connectivity index (χ0) is 15.6. The van der Waals surface area contributed by atoms with E-state index in [-0.39, 0.29) is 12.2 Å². The van der Waals surface area contributed by atoms with Gasteiger partial charge in [-0.3, -0.25) is 0 Å². The molecular weight excluding hydrogens is 359 g/mol. The van der Waals surface area contributed by atoms with Gasteiger partial charge in [-0.1, -0.05) is 34.1 Å². The SMILES string of the molecule is CN(Cc1cccc(Br)c1)S(=O)(=O)c1c(N)cccc1F. The highest BCUT2D eigenvalue weighted by Gasteiger charge is 2.27. The normalized spacial score (nSPS) is 11.8. The number of anilines is 1. The van der Waals surface area contributed by atoms with E-state index in [0.717, 1.165) is 20.4 Å². The first kappa shape index (κ1) is 15.9. The van der Waals surface area contributed by atoms with Crippen molar-refractivity contribution in [2.75, 3.05) is 12.8 Å². The second kappa shape index (κ2) is 6.13. The van der Waals surface area contributed by atoms with Gasteiger partial charge in [0.25, 0.3) is 0 Å². The van der Waals surface area contributed by atoms with Crippen molar-refractivity contribution in [3.8, 4) is 0 Å². The third-order valence-corrected chi connectivity index (χ3v) is 5.35. The van der Waals surface area contributed by atoms with E-state index in [1.54, 1.807) is 18.2 Å². The van der Waals surface area contributed by atoms with Gasteiger partial charge in [0.15, 0.2) is 0 Å². The van der Waals surface area contributed by atoms with E-state index in [1.165, 1.54) is 19.2 Å². The van der Waals surface area contributed by atoms with Gasteiger partial charge in [-0.2, -0.15) is 4.31 Å². The molecular formula is C14H14BrFN2O2S. The van der Waals surface area contributed by atoms with Gasteiger partial charge in [0.05, 0.1) is 5.69 Å². The fourth-order valence-corrected chi connectivity index (χ4v) is 3.69. The lowest BCUT2D eigenvalue weighted by atomic mass is 10.2. The molecule has 112 valence electrons. The Bertz CT molecular complexity index is 745. The summed E-state index contributed by atoms with van der Waals surface area (Å²) in [6.45, 7) is 0.121. The fraction of sp³-hybridized carbons (Fsp3) is 0.143. The number of rotatable bonds is 4. The molecule has 0 aliphatic rings. The molecule has 2 N–H and O–H groups in total. The van der Waals surface area contributed by atoms with E-state index in [2.05, 4.69) is 15.9 Å². The Hall–Kier alpha value is -1.44. The Morgan fingerprint density at radius 2 is 1.90 bits per heavy atom. The average Bonchev–Trinajstić information content (AvgIpc) is 2.38. The minimum Gasteiger partial charge on any atom is -0.398 e. The van der Waals surface area contributed by atoms with E-state index >= 15 is 0 Å². The minimum absolute atomic E-state index is 0.101. The van der Waals surface area contributed by atoms with Crippen LogP contribution in [0.2, 0.25) is 0 Å². The lowest BCUT2D eigenvalue weighted by molar-refractivity contribution is 0.460. The molecule has 7 heteroatoms. The second-order valence-corrected chi connectivity index (χ2v) is 7.45. The number of hydrogen-bond acceptors (Lipinski definition) is 3. The van der Waals surface area contributed by atoms with Crippen molar-refractivity contribution in [1.29, 1.82) is 0 Å². The summed E-state index contributed by atoms with van der Waals surface area (Å²) < 4.78 is 40.6. The molecule has 0 atom stereocenters. The molecule has 21 heavy (non-hydrogen) atoms. The third-order valence-electron chi connectivity index (χ3n) is 2.96. The van der Waals surface area contributed by atoms with Gasteiger partial charge in [-0.05, 0) is 29.8 Å². The highest BCUT2D eigenvalue weighted by molar-refractivity contribution is 9.10. The number of hydrogen-bond donors (Lipinski definition) is 1. The quantitative estimate of drug-likeness (QED) is 0.839. The molecule has 0 spiro atoms. The van der Waals surface area contributed by atoms with Crippen LogP contribution in [0.5, 0.6) is 0 Å². The standard InChI is InChI=1S/C14H14BrFN2O2S/c1-18(9-10-4-2-5-11(15)8-10)21(19,20)14-12(16)6-3-7-13(14)17/h2-8H,9,17H2,1H3. The fourth-order valence-electron chi connectivity index (χ4n) is 1.93. The van der Waals surface area contributed by atoms with Crippen LogP contribution in [0.1, 0.15) is 5.56 Å². The van der Waals surface area contributed by atoms with Crippen LogP contribution in [-0.2, 0) is 16.6 Å². The lowest BCUT2D eigenvalue weighted by Gasteiger charge is -2.19. The van der Waals surface area contributed by atoms with Crippen LogP contribution in [0.25, 0.3) is 0 Å². The number of nitrogen functional groups attached to an aromatic ring is 1. The van der Waals surface area contributed by atoms with Crippen molar-refractivity contribution in [2.24, 2.45) is 0 Å². The van der Waals surface area contributed by atoms with Crippen LogP contribution in [-0.4, -0.2) is 19.8 Å². The van der Waals surface area contributed by atoms with Crippen LogP contribution in [0, 0.1) is 5.82 Å². The number of nitrogens with two attached hydrogens (primary N) is 1. The lowest BCUT2D eigenvalue weighted by Crippen LogP contribution is -2.28. The summed E-state index contributed by atoms with van der Waals surface area (Å²) >= 11 is 3.32. The molecule has 4 nitrogen and oxygen atoms in total. The first-order valence-corrected chi connectivity index (χ1v) is 8.30. The predicted molar refractivity (Wildman–Crippen MR) is 83.6 cm³/mol. The number of sulfonamides is 1. The van der Waals surface area contributed by atoms with Gasteiger partial charge in [-0.15, -0.1) is 0 Å². The highest BCUT2D eigenvalue weighted by Crippen LogP contribution is 2.25. The molecule has 0 aliphatic heterocycles. The summed E-state index contributed by atoms with van der Waals surface area (Å²) in [5.41, 5.74) is 6.29. The molecule has 0 amide bonds. The first-order valence-electron chi connectivity index (χ1n) is 6.07. The molecule has 0 fully saturated rings. The molecule has 2 aromatic carbocycles. The zero-order valence-electron chi connectivity index (χ0n) is 11.3. The van der Waals surface area contributed by atoms with Crippen LogP contribution in [0.3, 0.4) is 0 Å². The maximum absolute atomic E-state index is 13.8.